The van der Waals surface area contributed by atoms with Crippen LogP contribution in [0.3, 0.4) is 0 Å². The van der Waals surface area contributed by atoms with Gasteiger partial charge in [-0.05, 0) is 54.4 Å². The summed E-state index contributed by atoms with van der Waals surface area (Å²) < 4.78 is 4.95. The molecule has 5 nitrogen and oxygen atoms in total. The monoisotopic (exact) mass is 258 g/mol. The first-order valence-corrected chi connectivity index (χ1v) is 6.51. The molecule has 1 fully saturated rings. The molecule has 1 heterocycles. The Morgan fingerprint density at radius 2 is 1.72 bits per heavy atom. The third kappa shape index (κ3) is 5.23. The fourth-order valence-electron chi connectivity index (χ4n) is 2.68. The van der Waals surface area contributed by atoms with Crippen LogP contribution < -0.4 is 10.8 Å². The van der Waals surface area contributed by atoms with Crippen molar-refractivity contribution in [1.29, 1.82) is 0 Å². The summed E-state index contributed by atoms with van der Waals surface area (Å²) in [6.45, 7) is 12.1. The number of hydroxylamine groups is 1. The molecule has 5 heteroatoms. The molecule has 1 aliphatic heterocycles. The third-order valence-corrected chi connectivity index (χ3v) is 2.80. The Labute approximate surface area is 110 Å². The Kier molecular flexibility index (Phi) is 4.61. The van der Waals surface area contributed by atoms with Gasteiger partial charge >= 0.3 is 6.09 Å². The Morgan fingerprint density at radius 3 is 2.17 bits per heavy atom. The van der Waals surface area contributed by atoms with E-state index in [-0.39, 0.29) is 23.3 Å². The van der Waals surface area contributed by atoms with Crippen molar-refractivity contribution in [3.63, 3.8) is 0 Å². The summed E-state index contributed by atoms with van der Waals surface area (Å²) in [7, 11) is 0. The minimum atomic E-state index is -0.529. The average Bonchev–Trinajstić information content (AvgIpc) is 2.08. The second-order valence-corrected chi connectivity index (χ2v) is 6.60. The van der Waals surface area contributed by atoms with Crippen molar-refractivity contribution in [2.45, 2.75) is 77.7 Å². The van der Waals surface area contributed by atoms with Gasteiger partial charge in [0.05, 0.1) is 12.2 Å². The Hall–Kier alpha value is -0.810. The van der Waals surface area contributed by atoms with Crippen molar-refractivity contribution in [2.24, 2.45) is 0 Å². The summed E-state index contributed by atoms with van der Waals surface area (Å²) in [5, 5.41) is 3.56. The number of rotatable bonds is 3. The Balaban J connectivity index is 2.45. The van der Waals surface area contributed by atoms with Gasteiger partial charge in [-0.3, -0.25) is 4.84 Å². The van der Waals surface area contributed by atoms with Crippen LogP contribution >= 0.6 is 0 Å². The molecule has 1 amide bonds. The standard InChI is InChI=1S/C13H26N2O3/c1-9(2)17-11(16)14-18-10-7-12(3,4)15-13(5,6)8-10/h9-10,15H,7-8H2,1-6H3,(H,14,16). The quantitative estimate of drug-likeness (QED) is 0.763. The van der Waals surface area contributed by atoms with E-state index in [1.54, 1.807) is 13.8 Å². The van der Waals surface area contributed by atoms with Gasteiger partial charge in [0.15, 0.2) is 0 Å². The molecule has 0 bridgehead atoms. The van der Waals surface area contributed by atoms with Crippen molar-refractivity contribution in [3.8, 4) is 0 Å². The molecule has 0 aromatic rings. The first-order chi connectivity index (χ1) is 8.10. The Bertz CT molecular complexity index is 285. The van der Waals surface area contributed by atoms with Gasteiger partial charge < -0.3 is 10.1 Å². The fraction of sp³-hybridized carbons (Fsp3) is 0.923. The highest BCUT2D eigenvalue weighted by Gasteiger charge is 2.38. The second-order valence-electron chi connectivity index (χ2n) is 6.60. The maximum atomic E-state index is 11.3. The molecule has 106 valence electrons. The van der Waals surface area contributed by atoms with Crippen LogP contribution in [0.4, 0.5) is 4.79 Å². The van der Waals surface area contributed by atoms with Crippen LogP contribution in [-0.2, 0) is 9.57 Å². The number of carbonyl (C=O) groups excluding carboxylic acids is 1. The molecule has 1 rings (SSSR count). The van der Waals surface area contributed by atoms with Crippen molar-refractivity contribution >= 4 is 6.09 Å². The molecule has 0 unspecified atom stereocenters. The van der Waals surface area contributed by atoms with E-state index in [9.17, 15) is 4.79 Å². The molecule has 0 aromatic carbocycles. The zero-order valence-electron chi connectivity index (χ0n) is 12.3. The first kappa shape index (κ1) is 15.2. The van der Waals surface area contributed by atoms with Gasteiger partial charge in [-0.25, -0.2) is 4.79 Å². The van der Waals surface area contributed by atoms with Gasteiger partial charge in [0.1, 0.15) is 0 Å². The number of hydrogen-bond acceptors (Lipinski definition) is 4. The van der Waals surface area contributed by atoms with E-state index in [1.165, 1.54) is 0 Å². The normalized spacial score (nSPS) is 22.8. The summed E-state index contributed by atoms with van der Waals surface area (Å²) in [6, 6.07) is 0. The number of piperidine rings is 1. The lowest BCUT2D eigenvalue weighted by molar-refractivity contribution is -0.0718. The van der Waals surface area contributed by atoms with Crippen LogP contribution in [0, 0.1) is 0 Å². The minimum Gasteiger partial charge on any atom is -0.445 e. The molecule has 1 saturated heterocycles. The topological polar surface area (TPSA) is 59.6 Å². The minimum absolute atomic E-state index is 0.00374. The summed E-state index contributed by atoms with van der Waals surface area (Å²) in [5.74, 6) is 0. The van der Waals surface area contributed by atoms with Gasteiger partial charge in [-0.1, -0.05) is 0 Å². The molecule has 0 radical (unpaired) electrons. The van der Waals surface area contributed by atoms with E-state index >= 15 is 0 Å². The smallest absolute Gasteiger partial charge is 0.431 e. The first-order valence-electron chi connectivity index (χ1n) is 6.51. The zero-order chi connectivity index (χ0) is 14.0. The van der Waals surface area contributed by atoms with Crippen molar-refractivity contribution in [1.82, 2.24) is 10.8 Å². The van der Waals surface area contributed by atoms with E-state index in [0.717, 1.165) is 12.8 Å². The highest BCUT2D eigenvalue weighted by molar-refractivity contribution is 5.65. The molecule has 0 aromatic heterocycles. The number of amides is 1. The van der Waals surface area contributed by atoms with E-state index in [4.69, 9.17) is 9.57 Å². The molecular formula is C13H26N2O3. The van der Waals surface area contributed by atoms with E-state index in [0.29, 0.717) is 0 Å². The van der Waals surface area contributed by atoms with Crippen molar-refractivity contribution in [2.75, 3.05) is 0 Å². The molecular weight excluding hydrogens is 232 g/mol. The number of nitrogens with one attached hydrogen (secondary N) is 2. The predicted molar refractivity (Wildman–Crippen MR) is 70.2 cm³/mol. The number of ether oxygens (including phenoxy) is 1. The van der Waals surface area contributed by atoms with Gasteiger partial charge in [-0.15, -0.1) is 0 Å². The van der Waals surface area contributed by atoms with Crippen LogP contribution in [0.1, 0.15) is 54.4 Å². The maximum Gasteiger partial charge on any atom is 0.431 e. The summed E-state index contributed by atoms with van der Waals surface area (Å²) >= 11 is 0. The van der Waals surface area contributed by atoms with Gasteiger partial charge in [0.2, 0.25) is 0 Å². The van der Waals surface area contributed by atoms with Crippen LogP contribution in [0.5, 0.6) is 0 Å². The highest BCUT2D eigenvalue weighted by atomic mass is 16.7. The summed E-state index contributed by atoms with van der Waals surface area (Å²) in [4.78, 5) is 16.8. The largest absolute Gasteiger partial charge is 0.445 e. The van der Waals surface area contributed by atoms with Crippen LogP contribution in [0.25, 0.3) is 0 Å². The lowest BCUT2D eigenvalue weighted by Crippen LogP contribution is -2.60. The van der Waals surface area contributed by atoms with Gasteiger partial charge in [-0.2, -0.15) is 5.48 Å². The van der Waals surface area contributed by atoms with Crippen LogP contribution in [0.15, 0.2) is 0 Å². The summed E-state index contributed by atoms with van der Waals surface area (Å²) in [6.07, 6.45) is 1.01. The fourth-order valence-corrected chi connectivity index (χ4v) is 2.68. The SMILES string of the molecule is CC(C)OC(=O)NOC1CC(C)(C)NC(C)(C)C1. The van der Waals surface area contributed by atoms with E-state index < -0.39 is 6.09 Å². The average molecular weight is 258 g/mol. The molecule has 18 heavy (non-hydrogen) atoms. The van der Waals surface area contributed by atoms with Gasteiger partial charge in [0, 0.05) is 11.1 Å². The second kappa shape index (κ2) is 5.45. The molecule has 0 aliphatic carbocycles. The van der Waals surface area contributed by atoms with Crippen LogP contribution in [0.2, 0.25) is 0 Å². The summed E-state index contributed by atoms with van der Waals surface area (Å²) in [5.41, 5.74) is 2.36. The molecule has 2 N–H and O–H groups in total. The molecule has 1 aliphatic rings. The lowest BCUT2D eigenvalue weighted by Gasteiger charge is -2.45. The number of carbonyl (C=O) groups is 1. The molecule has 0 saturated carbocycles. The van der Waals surface area contributed by atoms with Crippen molar-refractivity contribution in [3.05, 3.63) is 0 Å². The lowest BCUT2D eigenvalue weighted by atomic mass is 9.81. The molecule has 0 spiro atoms. The zero-order valence-corrected chi connectivity index (χ0v) is 12.3. The van der Waals surface area contributed by atoms with E-state index in [2.05, 4.69) is 38.5 Å². The predicted octanol–water partition coefficient (Wildman–Crippen LogP) is 2.36. The Morgan fingerprint density at radius 1 is 1.22 bits per heavy atom. The van der Waals surface area contributed by atoms with E-state index in [1.807, 2.05) is 0 Å². The van der Waals surface area contributed by atoms with Crippen molar-refractivity contribution < 1.29 is 14.4 Å². The molecule has 0 atom stereocenters. The highest BCUT2D eigenvalue weighted by Crippen LogP contribution is 2.29. The maximum absolute atomic E-state index is 11.3. The van der Waals surface area contributed by atoms with Gasteiger partial charge in [0.25, 0.3) is 0 Å². The number of hydrogen-bond donors (Lipinski definition) is 2. The third-order valence-electron chi connectivity index (χ3n) is 2.80. The van der Waals surface area contributed by atoms with Crippen LogP contribution in [-0.4, -0.2) is 29.4 Å².